The van der Waals surface area contributed by atoms with E-state index >= 15 is 0 Å². The number of carbonyl (C=O) groups is 1. The van der Waals surface area contributed by atoms with Gasteiger partial charge in [0.25, 0.3) is 0 Å². The van der Waals surface area contributed by atoms with Crippen molar-refractivity contribution >= 4 is 17.3 Å². The molecule has 0 spiro atoms. The van der Waals surface area contributed by atoms with Gasteiger partial charge in [-0.3, -0.25) is 9.69 Å². The van der Waals surface area contributed by atoms with E-state index in [0.717, 1.165) is 44.2 Å². The summed E-state index contributed by atoms with van der Waals surface area (Å²) < 4.78 is 0. The molecule has 1 aliphatic heterocycles. The van der Waals surface area contributed by atoms with Crippen molar-refractivity contribution in [2.75, 3.05) is 42.9 Å². The van der Waals surface area contributed by atoms with Gasteiger partial charge in [-0.05, 0) is 48.9 Å². The van der Waals surface area contributed by atoms with E-state index < -0.39 is 0 Å². The average Bonchev–Trinajstić information content (AvgIpc) is 3.52. The molecule has 1 aliphatic carbocycles. The molecule has 142 valence electrons. The molecule has 0 radical (unpaired) electrons. The number of piperazine rings is 1. The van der Waals surface area contributed by atoms with Crippen molar-refractivity contribution in [2.45, 2.75) is 25.7 Å². The van der Waals surface area contributed by atoms with Gasteiger partial charge in [0.2, 0.25) is 5.91 Å². The van der Waals surface area contributed by atoms with E-state index in [2.05, 4.69) is 39.4 Å². The zero-order valence-corrected chi connectivity index (χ0v) is 15.9. The lowest BCUT2D eigenvalue weighted by Crippen LogP contribution is -2.47. The Hall–Kier alpha value is -2.33. The first-order valence-corrected chi connectivity index (χ1v) is 10.2. The fourth-order valence-corrected chi connectivity index (χ4v) is 3.76. The van der Waals surface area contributed by atoms with Crippen molar-refractivity contribution in [3.8, 4) is 0 Å². The number of aryl methyl sites for hydroxylation is 1. The third kappa shape index (κ3) is 5.33. The van der Waals surface area contributed by atoms with Crippen LogP contribution in [0.2, 0.25) is 0 Å². The normalized spacial score (nSPS) is 17.7. The summed E-state index contributed by atoms with van der Waals surface area (Å²) in [5.74, 6) is 1.04. The number of rotatable bonds is 7. The highest BCUT2D eigenvalue weighted by atomic mass is 16.1. The molecule has 1 amide bonds. The van der Waals surface area contributed by atoms with E-state index in [4.69, 9.17) is 0 Å². The van der Waals surface area contributed by atoms with Gasteiger partial charge in [-0.25, -0.2) is 0 Å². The fourth-order valence-electron chi connectivity index (χ4n) is 3.76. The molecular weight excluding hydrogens is 334 g/mol. The van der Waals surface area contributed by atoms with Crippen LogP contribution in [0, 0.1) is 5.92 Å². The van der Waals surface area contributed by atoms with E-state index in [1.54, 1.807) is 0 Å². The second-order valence-corrected chi connectivity index (χ2v) is 7.82. The van der Waals surface area contributed by atoms with Crippen LogP contribution in [0.3, 0.4) is 0 Å². The molecule has 0 bridgehead atoms. The fraction of sp³-hybridized carbons (Fsp3) is 0.435. The summed E-state index contributed by atoms with van der Waals surface area (Å²) in [4.78, 5) is 17.3. The molecule has 4 rings (SSSR count). The van der Waals surface area contributed by atoms with Gasteiger partial charge in [0.1, 0.15) is 0 Å². The molecule has 1 N–H and O–H groups in total. The summed E-state index contributed by atoms with van der Waals surface area (Å²) >= 11 is 0. The standard InChI is InChI=1S/C23H29N3O/c27-23(12-11-19-5-2-1-3-6-19)24-21-7-4-8-22(17-21)26-15-13-25(14-16-26)18-20-9-10-20/h1-8,17,20H,9-16,18H2,(H,24,27). The van der Waals surface area contributed by atoms with Gasteiger partial charge in [0, 0.05) is 50.5 Å². The van der Waals surface area contributed by atoms with Crippen LogP contribution < -0.4 is 10.2 Å². The Labute approximate surface area is 162 Å². The van der Waals surface area contributed by atoms with Crippen molar-refractivity contribution in [1.29, 1.82) is 0 Å². The van der Waals surface area contributed by atoms with Gasteiger partial charge < -0.3 is 10.2 Å². The average molecular weight is 364 g/mol. The Morgan fingerprint density at radius 2 is 1.74 bits per heavy atom. The first kappa shape index (κ1) is 18.1. The van der Waals surface area contributed by atoms with Crippen molar-refractivity contribution in [3.63, 3.8) is 0 Å². The molecule has 2 aromatic rings. The number of amides is 1. The van der Waals surface area contributed by atoms with Crippen molar-refractivity contribution in [2.24, 2.45) is 5.92 Å². The van der Waals surface area contributed by atoms with Crippen molar-refractivity contribution < 1.29 is 4.79 Å². The Balaban J connectivity index is 1.27. The lowest BCUT2D eigenvalue weighted by atomic mass is 10.1. The highest BCUT2D eigenvalue weighted by molar-refractivity contribution is 5.91. The number of hydrogen-bond donors (Lipinski definition) is 1. The largest absolute Gasteiger partial charge is 0.369 e. The van der Waals surface area contributed by atoms with Gasteiger partial charge in [-0.1, -0.05) is 36.4 Å². The number of anilines is 2. The first-order valence-electron chi connectivity index (χ1n) is 10.2. The Morgan fingerprint density at radius 1 is 0.963 bits per heavy atom. The van der Waals surface area contributed by atoms with Gasteiger partial charge >= 0.3 is 0 Å². The molecule has 1 heterocycles. The van der Waals surface area contributed by atoms with Crippen LogP contribution in [-0.4, -0.2) is 43.5 Å². The monoisotopic (exact) mass is 363 g/mol. The van der Waals surface area contributed by atoms with Crippen LogP contribution >= 0.6 is 0 Å². The zero-order valence-electron chi connectivity index (χ0n) is 15.9. The van der Waals surface area contributed by atoms with Crippen LogP contribution in [0.4, 0.5) is 11.4 Å². The molecule has 4 heteroatoms. The smallest absolute Gasteiger partial charge is 0.224 e. The molecule has 27 heavy (non-hydrogen) atoms. The molecule has 2 fully saturated rings. The number of nitrogens with one attached hydrogen (secondary N) is 1. The van der Waals surface area contributed by atoms with Crippen molar-refractivity contribution in [1.82, 2.24) is 4.90 Å². The van der Waals surface area contributed by atoms with E-state index in [-0.39, 0.29) is 5.91 Å². The third-order valence-corrected chi connectivity index (χ3v) is 5.56. The summed E-state index contributed by atoms with van der Waals surface area (Å²) in [6, 6.07) is 18.4. The van der Waals surface area contributed by atoms with Gasteiger partial charge in [-0.15, -0.1) is 0 Å². The van der Waals surface area contributed by atoms with Gasteiger partial charge in [0.15, 0.2) is 0 Å². The Morgan fingerprint density at radius 3 is 2.48 bits per heavy atom. The molecule has 1 saturated heterocycles. The summed E-state index contributed by atoms with van der Waals surface area (Å²) in [5.41, 5.74) is 3.30. The summed E-state index contributed by atoms with van der Waals surface area (Å²) in [6.45, 7) is 5.70. The lowest BCUT2D eigenvalue weighted by molar-refractivity contribution is -0.116. The molecule has 1 saturated carbocycles. The van der Waals surface area contributed by atoms with E-state index in [1.807, 2.05) is 30.3 Å². The van der Waals surface area contributed by atoms with Crippen LogP contribution in [0.1, 0.15) is 24.8 Å². The number of hydrogen-bond acceptors (Lipinski definition) is 3. The maximum Gasteiger partial charge on any atom is 0.224 e. The van der Waals surface area contributed by atoms with Crippen molar-refractivity contribution in [3.05, 3.63) is 60.2 Å². The lowest BCUT2D eigenvalue weighted by Gasteiger charge is -2.36. The molecular formula is C23H29N3O. The molecule has 0 atom stereocenters. The quantitative estimate of drug-likeness (QED) is 0.813. The van der Waals surface area contributed by atoms with Crippen LogP contribution in [0.25, 0.3) is 0 Å². The maximum atomic E-state index is 12.3. The molecule has 0 unspecified atom stereocenters. The summed E-state index contributed by atoms with van der Waals surface area (Å²) in [7, 11) is 0. The molecule has 0 aromatic heterocycles. The second-order valence-electron chi connectivity index (χ2n) is 7.82. The van der Waals surface area contributed by atoms with Crippen LogP contribution in [-0.2, 0) is 11.2 Å². The second kappa shape index (κ2) is 8.57. The first-order chi connectivity index (χ1) is 13.3. The predicted molar refractivity (Wildman–Crippen MR) is 111 cm³/mol. The van der Waals surface area contributed by atoms with Gasteiger partial charge in [0.05, 0.1) is 0 Å². The van der Waals surface area contributed by atoms with Crippen LogP contribution in [0.5, 0.6) is 0 Å². The Kier molecular flexibility index (Phi) is 5.73. The molecule has 2 aromatic carbocycles. The van der Waals surface area contributed by atoms with Crippen LogP contribution in [0.15, 0.2) is 54.6 Å². The maximum absolute atomic E-state index is 12.3. The molecule has 4 nitrogen and oxygen atoms in total. The summed E-state index contributed by atoms with van der Waals surface area (Å²) in [6.07, 6.45) is 4.13. The van der Waals surface area contributed by atoms with E-state index in [9.17, 15) is 4.79 Å². The zero-order chi connectivity index (χ0) is 18.5. The van der Waals surface area contributed by atoms with Gasteiger partial charge in [-0.2, -0.15) is 0 Å². The minimum Gasteiger partial charge on any atom is -0.369 e. The number of carbonyl (C=O) groups excluding carboxylic acids is 1. The SMILES string of the molecule is O=C(CCc1ccccc1)Nc1cccc(N2CCN(CC3CC3)CC2)c1. The minimum absolute atomic E-state index is 0.0743. The predicted octanol–water partition coefficient (Wildman–Crippen LogP) is 3.79. The molecule has 2 aliphatic rings. The highest BCUT2D eigenvalue weighted by Gasteiger charge is 2.26. The number of benzene rings is 2. The topological polar surface area (TPSA) is 35.6 Å². The third-order valence-electron chi connectivity index (χ3n) is 5.56. The Bertz CT molecular complexity index is 749. The summed E-state index contributed by atoms with van der Waals surface area (Å²) in [5, 5.41) is 3.06. The minimum atomic E-state index is 0.0743. The highest BCUT2D eigenvalue weighted by Crippen LogP contribution is 2.30. The van der Waals surface area contributed by atoms with E-state index in [0.29, 0.717) is 6.42 Å². The van der Waals surface area contributed by atoms with E-state index in [1.165, 1.54) is 30.6 Å². The number of nitrogens with zero attached hydrogens (tertiary/aromatic N) is 2.